The largest absolute Gasteiger partial charge is 0.490 e. The van der Waals surface area contributed by atoms with Crippen molar-refractivity contribution in [3.05, 3.63) is 61.9 Å². The molecule has 0 radical (unpaired) electrons. The number of esters is 1. The molecule has 1 fully saturated rings. The second-order valence-electron chi connectivity index (χ2n) is 7.11. The predicted molar refractivity (Wildman–Crippen MR) is 135 cm³/mol. The molecule has 0 aromatic heterocycles. The lowest BCUT2D eigenvalue weighted by atomic mass is 10.1. The minimum Gasteiger partial charge on any atom is -0.490 e. The third-order valence-corrected chi connectivity index (χ3v) is 6.77. The standard InChI is InChI=1S/C24H23BrClNO6S/c1-4-31-19-10-16(17(25)12-20(19)33-13-15-8-6-7-9-18(15)26)11-21-22(28)27(24(30)34-21)14(3)23(29)32-5-2/h6-12,14H,4-5,13H2,1-3H3/b21-11+/t14-/m0/s1. The lowest BCUT2D eigenvalue weighted by molar-refractivity contribution is -0.150. The molecule has 0 spiro atoms. The van der Waals surface area contributed by atoms with E-state index in [0.717, 1.165) is 22.2 Å². The van der Waals surface area contributed by atoms with E-state index in [1.54, 1.807) is 31.2 Å². The number of thioether (sulfide) groups is 1. The molecule has 180 valence electrons. The molecular weight excluding hydrogens is 546 g/mol. The van der Waals surface area contributed by atoms with Crippen LogP contribution in [0.1, 0.15) is 31.9 Å². The van der Waals surface area contributed by atoms with Crippen LogP contribution in [0.4, 0.5) is 4.79 Å². The molecule has 2 aromatic carbocycles. The number of rotatable bonds is 9. The molecular formula is C24H23BrClNO6S. The molecule has 1 heterocycles. The van der Waals surface area contributed by atoms with Crippen molar-refractivity contribution in [2.75, 3.05) is 13.2 Å². The van der Waals surface area contributed by atoms with Gasteiger partial charge in [0.15, 0.2) is 11.5 Å². The Hall–Kier alpha value is -2.49. The summed E-state index contributed by atoms with van der Waals surface area (Å²) in [4.78, 5) is 38.5. The van der Waals surface area contributed by atoms with Crippen LogP contribution in [0.2, 0.25) is 5.02 Å². The van der Waals surface area contributed by atoms with E-state index in [0.29, 0.717) is 33.2 Å². The van der Waals surface area contributed by atoms with E-state index in [4.69, 9.17) is 25.8 Å². The van der Waals surface area contributed by atoms with Crippen LogP contribution < -0.4 is 9.47 Å². The van der Waals surface area contributed by atoms with E-state index in [1.165, 1.54) is 6.92 Å². The minimum atomic E-state index is -1.01. The van der Waals surface area contributed by atoms with Crippen LogP contribution in [-0.4, -0.2) is 41.3 Å². The SMILES string of the molecule is CCOC(=O)[C@H](C)N1C(=O)S/C(=C/c2cc(OCC)c(OCc3ccccc3Cl)cc2Br)C1=O. The Morgan fingerprint density at radius 2 is 1.85 bits per heavy atom. The molecule has 2 aromatic rings. The van der Waals surface area contributed by atoms with Gasteiger partial charge in [-0.15, -0.1) is 0 Å². The quantitative estimate of drug-likeness (QED) is 0.268. The van der Waals surface area contributed by atoms with Gasteiger partial charge >= 0.3 is 5.97 Å². The first-order valence-corrected chi connectivity index (χ1v) is 12.5. The third kappa shape index (κ3) is 5.95. The van der Waals surface area contributed by atoms with Gasteiger partial charge in [-0.25, -0.2) is 4.79 Å². The maximum Gasteiger partial charge on any atom is 0.329 e. The summed E-state index contributed by atoms with van der Waals surface area (Å²) in [6, 6.07) is 9.83. The molecule has 3 rings (SSSR count). The lowest BCUT2D eigenvalue weighted by Gasteiger charge is -2.19. The molecule has 1 aliphatic heterocycles. The summed E-state index contributed by atoms with van der Waals surface area (Å²) < 4.78 is 17.3. The number of hydrogen-bond donors (Lipinski definition) is 0. The monoisotopic (exact) mass is 567 g/mol. The van der Waals surface area contributed by atoms with Crippen molar-refractivity contribution in [1.29, 1.82) is 0 Å². The number of halogens is 2. The summed E-state index contributed by atoms with van der Waals surface area (Å²) in [5, 5.41) is 0.0709. The number of carbonyl (C=O) groups excluding carboxylic acids is 3. The summed E-state index contributed by atoms with van der Waals surface area (Å²) in [6.45, 7) is 5.78. The van der Waals surface area contributed by atoms with Crippen molar-refractivity contribution in [2.45, 2.75) is 33.4 Å². The van der Waals surface area contributed by atoms with Gasteiger partial charge in [-0.2, -0.15) is 0 Å². The predicted octanol–water partition coefficient (Wildman–Crippen LogP) is 6.07. The zero-order chi connectivity index (χ0) is 24.8. The fourth-order valence-corrected chi connectivity index (χ4v) is 4.66. The van der Waals surface area contributed by atoms with Gasteiger partial charge in [0.05, 0.1) is 18.1 Å². The van der Waals surface area contributed by atoms with Crippen LogP contribution in [-0.2, 0) is 20.9 Å². The fourth-order valence-electron chi connectivity index (χ4n) is 3.14. The number of amides is 2. The number of hydrogen-bond acceptors (Lipinski definition) is 7. The highest BCUT2D eigenvalue weighted by atomic mass is 79.9. The smallest absolute Gasteiger partial charge is 0.329 e. The number of carbonyl (C=O) groups is 3. The van der Waals surface area contributed by atoms with Gasteiger partial charge in [-0.05, 0) is 62.4 Å². The third-order valence-electron chi connectivity index (χ3n) is 4.83. The second kappa shape index (κ2) is 11.8. The number of benzene rings is 2. The first kappa shape index (κ1) is 26.1. The van der Waals surface area contributed by atoms with Crippen LogP contribution in [0.5, 0.6) is 11.5 Å². The average molecular weight is 569 g/mol. The van der Waals surface area contributed by atoms with Crippen LogP contribution in [0.15, 0.2) is 45.8 Å². The molecule has 0 saturated carbocycles. The van der Waals surface area contributed by atoms with E-state index in [-0.39, 0.29) is 18.1 Å². The summed E-state index contributed by atoms with van der Waals surface area (Å²) in [7, 11) is 0. The van der Waals surface area contributed by atoms with Crippen LogP contribution in [0, 0.1) is 0 Å². The Bertz CT molecular complexity index is 1140. The van der Waals surface area contributed by atoms with Gasteiger partial charge in [0.25, 0.3) is 11.1 Å². The number of imide groups is 1. The Morgan fingerprint density at radius 1 is 1.15 bits per heavy atom. The fraction of sp³-hybridized carbons (Fsp3) is 0.292. The van der Waals surface area contributed by atoms with Gasteiger partial charge in [0.2, 0.25) is 0 Å². The highest BCUT2D eigenvalue weighted by molar-refractivity contribution is 9.10. The van der Waals surface area contributed by atoms with Crippen molar-refractivity contribution in [2.24, 2.45) is 0 Å². The molecule has 0 aliphatic carbocycles. The molecule has 1 saturated heterocycles. The highest BCUT2D eigenvalue weighted by Gasteiger charge is 2.41. The van der Waals surface area contributed by atoms with Crippen molar-refractivity contribution in [1.82, 2.24) is 4.90 Å². The van der Waals surface area contributed by atoms with Gasteiger partial charge in [-0.3, -0.25) is 14.5 Å². The molecule has 7 nitrogen and oxygen atoms in total. The molecule has 34 heavy (non-hydrogen) atoms. The maximum atomic E-state index is 12.9. The van der Waals surface area contributed by atoms with Crippen LogP contribution in [0.3, 0.4) is 0 Å². The Kier molecular flexibility index (Phi) is 9.04. The van der Waals surface area contributed by atoms with E-state index in [1.807, 2.05) is 25.1 Å². The first-order chi connectivity index (χ1) is 16.3. The molecule has 0 unspecified atom stereocenters. The Balaban J connectivity index is 1.86. The summed E-state index contributed by atoms with van der Waals surface area (Å²) >= 11 is 10.5. The number of nitrogens with zero attached hydrogens (tertiary/aromatic N) is 1. The summed E-state index contributed by atoms with van der Waals surface area (Å²) in [5.74, 6) is -0.219. The van der Waals surface area contributed by atoms with Gasteiger partial charge in [-0.1, -0.05) is 45.7 Å². The zero-order valence-corrected chi connectivity index (χ0v) is 22.0. The Labute approximate surface area is 215 Å². The summed E-state index contributed by atoms with van der Waals surface area (Å²) in [5.41, 5.74) is 1.44. The van der Waals surface area contributed by atoms with E-state index >= 15 is 0 Å². The van der Waals surface area contributed by atoms with E-state index in [2.05, 4.69) is 15.9 Å². The van der Waals surface area contributed by atoms with Crippen LogP contribution >= 0.6 is 39.3 Å². The average Bonchev–Trinajstić information content (AvgIpc) is 3.08. The topological polar surface area (TPSA) is 82.1 Å². The van der Waals surface area contributed by atoms with Crippen molar-refractivity contribution < 1.29 is 28.6 Å². The van der Waals surface area contributed by atoms with Crippen molar-refractivity contribution >= 4 is 62.5 Å². The molecule has 1 atom stereocenters. The summed E-state index contributed by atoms with van der Waals surface area (Å²) in [6.07, 6.45) is 1.58. The van der Waals surface area contributed by atoms with Crippen molar-refractivity contribution in [3.63, 3.8) is 0 Å². The normalized spacial score (nSPS) is 15.6. The van der Waals surface area contributed by atoms with Gasteiger partial charge in [0.1, 0.15) is 12.6 Å². The lowest BCUT2D eigenvalue weighted by Crippen LogP contribution is -2.42. The Morgan fingerprint density at radius 3 is 2.53 bits per heavy atom. The van der Waals surface area contributed by atoms with Gasteiger partial charge in [0, 0.05) is 15.1 Å². The number of ether oxygens (including phenoxy) is 3. The van der Waals surface area contributed by atoms with Gasteiger partial charge < -0.3 is 14.2 Å². The van der Waals surface area contributed by atoms with E-state index in [9.17, 15) is 14.4 Å². The zero-order valence-electron chi connectivity index (χ0n) is 18.8. The molecule has 10 heteroatoms. The minimum absolute atomic E-state index is 0.160. The first-order valence-electron chi connectivity index (χ1n) is 10.5. The molecule has 0 bridgehead atoms. The molecule has 1 aliphatic rings. The molecule has 2 amide bonds. The van der Waals surface area contributed by atoms with Crippen LogP contribution in [0.25, 0.3) is 6.08 Å². The van der Waals surface area contributed by atoms with E-state index < -0.39 is 23.2 Å². The highest BCUT2D eigenvalue weighted by Crippen LogP contribution is 2.39. The maximum absolute atomic E-state index is 12.9. The van der Waals surface area contributed by atoms with Crippen molar-refractivity contribution in [3.8, 4) is 11.5 Å². The molecule has 0 N–H and O–H groups in total. The second-order valence-corrected chi connectivity index (χ2v) is 9.37.